The standard InChI is InChI=1S/C16H17ClN2O4S/c1-2-23-16(22)7-15-19(14(21)10-24-15)9-13(20)18-8-11-4-3-5-12(17)6-11/h3-7H,2,8-10H2,1H3,(H,18,20). The first-order valence-electron chi connectivity index (χ1n) is 7.32. The Labute approximate surface area is 149 Å². The van der Waals surface area contributed by atoms with E-state index in [0.717, 1.165) is 5.56 Å². The van der Waals surface area contributed by atoms with Crippen LogP contribution < -0.4 is 5.32 Å². The first kappa shape index (κ1) is 18.4. The normalized spacial score (nSPS) is 15.7. The molecule has 2 amide bonds. The number of esters is 1. The number of halogens is 1. The maximum absolute atomic E-state index is 12.1. The molecule has 1 heterocycles. The first-order valence-corrected chi connectivity index (χ1v) is 8.68. The molecular formula is C16H17ClN2O4S. The third-order valence-electron chi connectivity index (χ3n) is 3.12. The Kier molecular flexibility index (Phi) is 6.69. The third kappa shape index (κ3) is 5.28. The van der Waals surface area contributed by atoms with E-state index in [-0.39, 0.29) is 30.7 Å². The van der Waals surface area contributed by atoms with Gasteiger partial charge in [-0.15, -0.1) is 0 Å². The van der Waals surface area contributed by atoms with Crippen molar-refractivity contribution >= 4 is 41.1 Å². The zero-order valence-electron chi connectivity index (χ0n) is 13.1. The summed E-state index contributed by atoms with van der Waals surface area (Å²) in [6, 6.07) is 7.14. The number of hydrogen-bond acceptors (Lipinski definition) is 5. The van der Waals surface area contributed by atoms with E-state index < -0.39 is 5.97 Å². The molecular weight excluding hydrogens is 352 g/mol. The van der Waals surface area contributed by atoms with Crippen LogP contribution in [0.4, 0.5) is 0 Å². The zero-order valence-corrected chi connectivity index (χ0v) is 14.7. The fourth-order valence-corrected chi connectivity index (χ4v) is 3.17. The number of amides is 2. The van der Waals surface area contributed by atoms with E-state index in [1.165, 1.54) is 22.7 Å². The van der Waals surface area contributed by atoms with Crippen molar-refractivity contribution in [1.29, 1.82) is 0 Å². The summed E-state index contributed by atoms with van der Waals surface area (Å²) in [6.07, 6.45) is 1.24. The first-order chi connectivity index (χ1) is 11.5. The molecule has 0 atom stereocenters. The predicted octanol–water partition coefficient (Wildman–Crippen LogP) is 1.94. The van der Waals surface area contributed by atoms with Crippen molar-refractivity contribution in [1.82, 2.24) is 10.2 Å². The van der Waals surface area contributed by atoms with Gasteiger partial charge >= 0.3 is 5.97 Å². The van der Waals surface area contributed by atoms with Gasteiger partial charge in [0.1, 0.15) is 6.54 Å². The highest BCUT2D eigenvalue weighted by Gasteiger charge is 2.29. The zero-order chi connectivity index (χ0) is 17.5. The lowest BCUT2D eigenvalue weighted by Crippen LogP contribution is -2.37. The van der Waals surface area contributed by atoms with Crippen molar-refractivity contribution in [2.75, 3.05) is 18.9 Å². The maximum atomic E-state index is 12.1. The van der Waals surface area contributed by atoms with Crippen LogP contribution in [0, 0.1) is 0 Å². The second kappa shape index (κ2) is 8.75. The van der Waals surface area contributed by atoms with Crippen LogP contribution in [0.1, 0.15) is 12.5 Å². The van der Waals surface area contributed by atoms with Gasteiger partial charge in [0.05, 0.1) is 23.5 Å². The number of nitrogens with zero attached hydrogens (tertiary/aromatic N) is 1. The van der Waals surface area contributed by atoms with Crippen LogP contribution in [0.2, 0.25) is 5.02 Å². The molecule has 128 valence electrons. The lowest BCUT2D eigenvalue weighted by Gasteiger charge is -2.16. The Bertz CT molecular complexity index is 678. The summed E-state index contributed by atoms with van der Waals surface area (Å²) in [5.74, 6) is -0.861. The van der Waals surface area contributed by atoms with E-state index in [1.54, 1.807) is 25.1 Å². The number of benzene rings is 1. The Morgan fingerprint density at radius 2 is 2.25 bits per heavy atom. The summed E-state index contributed by atoms with van der Waals surface area (Å²) in [5, 5.41) is 3.75. The minimum absolute atomic E-state index is 0.141. The SMILES string of the molecule is CCOC(=O)C=C1SCC(=O)N1CC(=O)NCc1cccc(Cl)c1. The number of nitrogens with one attached hydrogen (secondary N) is 1. The molecule has 0 radical (unpaired) electrons. The monoisotopic (exact) mass is 368 g/mol. The van der Waals surface area contributed by atoms with Crippen LogP contribution in [0.5, 0.6) is 0 Å². The van der Waals surface area contributed by atoms with Crippen LogP contribution in [-0.4, -0.2) is 41.6 Å². The van der Waals surface area contributed by atoms with Crippen molar-refractivity contribution in [3.05, 3.63) is 46.0 Å². The Morgan fingerprint density at radius 3 is 2.96 bits per heavy atom. The summed E-state index contributed by atoms with van der Waals surface area (Å²) in [6.45, 7) is 2.12. The minimum atomic E-state index is -0.529. The maximum Gasteiger partial charge on any atom is 0.333 e. The molecule has 0 aromatic heterocycles. The highest BCUT2D eigenvalue weighted by molar-refractivity contribution is 8.04. The van der Waals surface area contributed by atoms with Crippen molar-refractivity contribution < 1.29 is 19.1 Å². The highest BCUT2D eigenvalue weighted by atomic mass is 35.5. The number of ether oxygens (including phenoxy) is 1. The average Bonchev–Trinajstić information content (AvgIpc) is 2.86. The van der Waals surface area contributed by atoms with Crippen LogP contribution in [0.25, 0.3) is 0 Å². The van der Waals surface area contributed by atoms with Crippen LogP contribution in [0.15, 0.2) is 35.4 Å². The van der Waals surface area contributed by atoms with Gasteiger partial charge in [-0.3, -0.25) is 14.5 Å². The fourth-order valence-electron chi connectivity index (χ4n) is 2.03. The molecule has 0 aliphatic carbocycles. The molecule has 8 heteroatoms. The molecule has 0 unspecified atom stereocenters. The molecule has 1 aliphatic rings. The Morgan fingerprint density at radius 1 is 1.46 bits per heavy atom. The van der Waals surface area contributed by atoms with E-state index in [1.807, 2.05) is 6.07 Å². The second-order valence-electron chi connectivity index (χ2n) is 4.91. The topological polar surface area (TPSA) is 75.7 Å². The second-order valence-corrected chi connectivity index (χ2v) is 6.34. The van der Waals surface area contributed by atoms with Crippen molar-refractivity contribution in [2.24, 2.45) is 0 Å². The molecule has 1 aromatic carbocycles. The van der Waals surface area contributed by atoms with Gasteiger partial charge in [0, 0.05) is 11.6 Å². The average molecular weight is 369 g/mol. The predicted molar refractivity (Wildman–Crippen MR) is 92.2 cm³/mol. The molecule has 0 spiro atoms. The molecule has 1 fully saturated rings. The number of thioether (sulfide) groups is 1. The van der Waals surface area contributed by atoms with Crippen molar-refractivity contribution in [2.45, 2.75) is 13.5 Å². The van der Waals surface area contributed by atoms with Crippen molar-refractivity contribution in [3.8, 4) is 0 Å². The lowest BCUT2D eigenvalue weighted by molar-refractivity contribution is -0.137. The van der Waals surface area contributed by atoms with E-state index in [2.05, 4.69) is 5.32 Å². The Hall–Kier alpha value is -1.99. The molecule has 0 saturated carbocycles. The minimum Gasteiger partial charge on any atom is -0.463 e. The summed E-state index contributed by atoms with van der Waals surface area (Å²) in [5.41, 5.74) is 0.861. The number of rotatable bonds is 6. The van der Waals surface area contributed by atoms with Crippen LogP contribution in [0.3, 0.4) is 0 Å². The number of carbonyl (C=O) groups is 3. The number of hydrogen-bond donors (Lipinski definition) is 1. The molecule has 1 N–H and O–H groups in total. The van der Waals surface area contributed by atoms with Gasteiger partial charge in [-0.1, -0.05) is 35.5 Å². The van der Waals surface area contributed by atoms with Crippen LogP contribution in [-0.2, 0) is 25.7 Å². The molecule has 1 aliphatic heterocycles. The van der Waals surface area contributed by atoms with Gasteiger partial charge in [0.25, 0.3) is 0 Å². The summed E-state index contributed by atoms with van der Waals surface area (Å²) >= 11 is 7.10. The molecule has 24 heavy (non-hydrogen) atoms. The van der Waals surface area contributed by atoms with Gasteiger partial charge in [0.15, 0.2) is 0 Å². The molecule has 6 nitrogen and oxygen atoms in total. The summed E-state index contributed by atoms with van der Waals surface area (Å²) in [4.78, 5) is 36.8. The van der Waals surface area contributed by atoms with Gasteiger partial charge in [-0.05, 0) is 24.6 Å². The van der Waals surface area contributed by atoms with Gasteiger partial charge in [-0.25, -0.2) is 4.79 Å². The highest BCUT2D eigenvalue weighted by Crippen LogP contribution is 2.28. The smallest absolute Gasteiger partial charge is 0.333 e. The third-order valence-corrected chi connectivity index (χ3v) is 4.38. The van der Waals surface area contributed by atoms with Gasteiger partial charge in [0.2, 0.25) is 11.8 Å². The van der Waals surface area contributed by atoms with E-state index in [4.69, 9.17) is 16.3 Å². The largest absolute Gasteiger partial charge is 0.463 e. The summed E-state index contributed by atoms with van der Waals surface area (Å²) in [7, 11) is 0. The van der Waals surface area contributed by atoms with E-state index in [0.29, 0.717) is 16.6 Å². The quantitative estimate of drug-likeness (QED) is 0.613. The van der Waals surface area contributed by atoms with Gasteiger partial charge < -0.3 is 10.1 Å². The number of carbonyl (C=O) groups excluding carboxylic acids is 3. The Balaban J connectivity index is 1.93. The van der Waals surface area contributed by atoms with Crippen molar-refractivity contribution in [3.63, 3.8) is 0 Å². The molecule has 2 rings (SSSR count). The van der Waals surface area contributed by atoms with Gasteiger partial charge in [-0.2, -0.15) is 0 Å². The van der Waals surface area contributed by atoms with E-state index in [9.17, 15) is 14.4 Å². The lowest BCUT2D eigenvalue weighted by atomic mass is 10.2. The molecule has 1 saturated heterocycles. The fraction of sp³-hybridized carbons (Fsp3) is 0.312. The summed E-state index contributed by atoms with van der Waals surface area (Å²) < 4.78 is 4.83. The molecule has 0 bridgehead atoms. The van der Waals surface area contributed by atoms with E-state index >= 15 is 0 Å². The molecule has 1 aromatic rings. The van der Waals surface area contributed by atoms with Crippen LogP contribution >= 0.6 is 23.4 Å².